The second kappa shape index (κ2) is 8.37. The molecule has 6 heteroatoms. The molecule has 1 aliphatic rings. The number of ketones is 1. The molecule has 152 valence electrons. The third-order valence-electron chi connectivity index (χ3n) is 4.91. The van der Waals surface area contributed by atoms with E-state index in [1.807, 2.05) is 30.3 Å². The number of para-hydroxylation sites is 3. The number of benzene rings is 3. The monoisotopic (exact) mass is 405 g/mol. The van der Waals surface area contributed by atoms with Crippen LogP contribution in [-0.4, -0.2) is 18.3 Å². The largest absolute Gasteiger partial charge is 0.483 e. The predicted molar refractivity (Wildman–Crippen MR) is 111 cm³/mol. The molecular weight excluding hydrogens is 385 g/mol. The first-order valence-electron chi connectivity index (χ1n) is 9.63. The van der Waals surface area contributed by atoms with Crippen LogP contribution in [-0.2, 0) is 4.79 Å². The number of carbonyl (C=O) groups is 2. The van der Waals surface area contributed by atoms with Gasteiger partial charge in [0.25, 0.3) is 5.91 Å². The molecule has 3 aromatic rings. The van der Waals surface area contributed by atoms with E-state index in [1.54, 1.807) is 31.2 Å². The van der Waals surface area contributed by atoms with Crippen molar-refractivity contribution < 1.29 is 23.5 Å². The predicted octanol–water partition coefficient (Wildman–Crippen LogP) is 5.33. The summed E-state index contributed by atoms with van der Waals surface area (Å²) in [5, 5.41) is 2.75. The van der Waals surface area contributed by atoms with Crippen LogP contribution in [0.15, 0.2) is 66.7 Å². The van der Waals surface area contributed by atoms with Gasteiger partial charge in [0.05, 0.1) is 11.3 Å². The van der Waals surface area contributed by atoms with Gasteiger partial charge >= 0.3 is 0 Å². The van der Waals surface area contributed by atoms with Gasteiger partial charge in [-0.2, -0.15) is 0 Å². The van der Waals surface area contributed by atoms with E-state index in [0.29, 0.717) is 22.7 Å². The summed E-state index contributed by atoms with van der Waals surface area (Å²) in [6.07, 6.45) is 0.239. The molecule has 1 atom stereocenters. The Balaban J connectivity index is 1.45. The normalized spacial score (nSPS) is 14.9. The summed E-state index contributed by atoms with van der Waals surface area (Å²) in [4.78, 5) is 24.7. The number of halogens is 1. The lowest BCUT2D eigenvalue weighted by Gasteiger charge is -2.14. The van der Waals surface area contributed by atoms with Gasteiger partial charge in [0.2, 0.25) is 0 Å². The highest BCUT2D eigenvalue weighted by molar-refractivity contribution is 6.04. The summed E-state index contributed by atoms with van der Waals surface area (Å²) in [6.45, 7) is 1.48. The van der Waals surface area contributed by atoms with E-state index in [1.165, 1.54) is 12.1 Å². The van der Waals surface area contributed by atoms with Gasteiger partial charge < -0.3 is 14.8 Å². The summed E-state index contributed by atoms with van der Waals surface area (Å²) in [7, 11) is 0. The van der Waals surface area contributed by atoms with Crippen LogP contribution >= 0.6 is 0 Å². The number of hydrogen-bond donors (Lipinski definition) is 1. The van der Waals surface area contributed by atoms with Crippen LogP contribution in [0.5, 0.6) is 17.2 Å². The Morgan fingerprint density at radius 2 is 1.77 bits per heavy atom. The van der Waals surface area contributed by atoms with E-state index in [0.717, 1.165) is 0 Å². The average Bonchev–Trinajstić information content (AvgIpc) is 3.05. The molecule has 1 amide bonds. The van der Waals surface area contributed by atoms with Crippen molar-refractivity contribution in [1.82, 2.24) is 0 Å². The molecule has 30 heavy (non-hydrogen) atoms. The lowest BCUT2D eigenvalue weighted by molar-refractivity contribution is -0.118. The van der Waals surface area contributed by atoms with Crippen molar-refractivity contribution in [2.24, 2.45) is 0 Å². The number of amides is 1. The van der Waals surface area contributed by atoms with E-state index in [2.05, 4.69) is 5.32 Å². The Morgan fingerprint density at radius 1 is 1.03 bits per heavy atom. The van der Waals surface area contributed by atoms with E-state index >= 15 is 0 Å². The summed E-state index contributed by atoms with van der Waals surface area (Å²) in [5.41, 5.74) is 1.09. The molecule has 0 aromatic heterocycles. The molecule has 0 spiro atoms. The Labute approximate surface area is 173 Å². The Morgan fingerprint density at radius 3 is 2.57 bits per heavy atom. The van der Waals surface area contributed by atoms with Crippen LogP contribution in [0.1, 0.15) is 35.2 Å². The topological polar surface area (TPSA) is 64.6 Å². The maximum atomic E-state index is 14.1. The first-order chi connectivity index (χ1) is 14.5. The van der Waals surface area contributed by atoms with Gasteiger partial charge in [-0.15, -0.1) is 0 Å². The zero-order valence-electron chi connectivity index (χ0n) is 16.4. The van der Waals surface area contributed by atoms with E-state index < -0.39 is 11.7 Å². The van der Waals surface area contributed by atoms with Crippen molar-refractivity contribution in [3.63, 3.8) is 0 Å². The van der Waals surface area contributed by atoms with Crippen molar-refractivity contribution in [2.45, 2.75) is 19.3 Å². The molecule has 3 aromatic carbocycles. The number of fused-ring (bicyclic) bond motifs is 1. The van der Waals surface area contributed by atoms with E-state index in [-0.39, 0.29) is 36.0 Å². The van der Waals surface area contributed by atoms with Gasteiger partial charge in [0.1, 0.15) is 17.3 Å². The second-order valence-electron chi connectivity index (χ2n) is 7.11. The second-order valence-corrected chi connectivity index (χ2v) is 7.11. The molecular formula is C24H20FNO4. The van der Waals surface area contributed by atoms with Crippen molar-refractivity contribution in [3.05, 3.63) is 83.7 Å². The highest BCUT2D eigenvalue weighted by atomic mass is 19.1. The summed E-state index contributed by atoms with van der Waals surface area (Å²) in [6, 6.07) is 18.9. The molecule has 0 bridgehead atoms. The number of Topliss-reactive ketones (excluding diaryl/α,β-unsaturated/α-hetero) is 1. The summed E-state index contributed by atoms with van der Waals surface area (Å²) >= 11 is 0. The van der Waals surface area contributed by atoms with Crippen LogP contribution in [0.25, 0.3) is 0 Å². The molecule has 1 unspecified atom stereocenters. The summed E-state index contributed by atoms with van der Waals surface area (Å²) < 4.78 is 25.5. The molecule has 5 nitrogen and oxygen atoms in total. The molecule has 0 saturated heterocycles. The van der Waals surface area contributed by atoms with E-state index in [4.69, 9.17) is 9.47 Å². The molecule has 4 rings (SSSR count). The maximum absolute atomic E-state index is 14.1. The zero-order chi connectivity index (χ0) is 21.1. The van der Waals surface area contributed by atoms with Gasteiger partial charge in [-0.3, -0.25) is 9.59 Å². The van der Waals surface area contributed by atoms with Crippen LogP contribution in [0.4, 0.5) is 10.1 Å². The molecule has 0 radical (unpaired) electrons. The number of anilines is 1. The average molecular weight is 405 g/mol. The minimum atomic E-state index is -0.424. The third-order valence-corrected chi connectivity index (χ3v) is 4.91. The fourth-order valence-corrected chi connectivity index (χ4v) is 3.55. The lowest BCUT2D eigenvalue weighted by Crippen LogP contribution is -2.21. The standard InChI is InChI=1S/C24H20FNO4/c1-15-13-19(27)24-21(12-11-17(25)23(15)24)29-14-22(28)26-18-9-5-6-10-20(18)30-16-7-3-2-4-8-16/h2-12,15H,13-14H2,1H3,(H,26,28). The zero-order valence-corrected chi connectivity index (χ0v) is 16.4. The minimum Gasteiger partial charge on any atom is -0.483 e. The van der Waals surface area contributed by atoms with Gasteiger partial charge in [0, 0.05) is 12.0 Å². The fraction of sp³-hybridized carbons (Fsp3) is 0.167. The minimum absolute atomic E-state index is 0.172. The molecule has 1 aliphatic carbocycles. The van der Waals surface area contributed by atoms with Crippen molar-refractivity contribution >= 4 is 17.4 Å². The quantitative estimate of drug-likeness (QED) is 0.602. The lowest BCUT2D eigenvalue weighted by atomic mass is 10.0. The number of ether oxygens (including phenoxy) is 2. The third kappa shape index (κ3) is 4.03. The smallest absolute Gasteiger partial charge is 0.262 e. The number of carbonyl (C=O) groups excluding carboxylic acids is 2. The van der Waals surface area contributed by atoms with Crippen molar-refractivity contribution in [3.8, 4) is 17.2 Å². The van der Waals surface area contributed by atoms with Crippen LogP contribution < -0.4 is 14.8 Å². The first-order valence-corrected chi connectivity index (χ1v) is 9.63. The van der Waals surface area contributed by atoms with Crippen LogP contribution in [0, 0.1) is 5.82 Å². The van der Waals surface area contributed by atoms with Crippen molar-refractivity contribution in [1.29, 1.82) is 0 Å². The fourth-order valence-electron chi connectivity index (χ4n) is 3.55. The first kappa shape index (κ1) is 19.6. The van der Waals surface area contributed by atoms with Gasteiger partial charge in [-0.05, 0) is 42.3 Å². The molecule has 0 fully saturated rings. The molecule has 0 heterocycles. The number of rotatable bonds is 6. The Hall–Kier alpha value is -3.67. The van der Waals surface area contributed by atoms with E-state index in [9.17, 15) is 14.0 Å². The maximum Gasteiger partial charge on any atom is 0.262 e. The molecule has 0 aliphatic heterocycles. The highest BCUT2D eigenvalue weighted by Gasteiger charge is 2.32. The number of nitrogens with one attached hydrogen (secondary N) is 1. The Bertz CT molecular complexity index is 1100. The van der Waals surface area contributed by atoms with Gasteiger partial charge in [0.15, 0.2) is 18.1 Å². The van der Waals surface area contributed by atoms with Gasteiger partial charge in [-0.1, -0.05) is 37.3 Å². The molecule has 1 N–H and O–H groups in total. The Kier molecular flexibility index (Phi) is 5.48. The molecule has 0 saturated carbocycles. The van der Waals surface area contributed by atoms with Crippen LogP contribution in [0.3, 0.4) is 0 Å². The number of hydrogen-bond acceptors (Lipinski definition) is 4. The van der Waals surface area contributed by atoms with Crippen molar-refractivity contribution in [2.75, 3.05) is 11.9 Å². The SMILES string of the molecule is CC1CC(=O)c2c(OCC(=O)Nc3ccccc3Oc3ccccc3)ccc(F)c21. The van der Waals surface area contributed by atoms with Gasteiger partial charge in [-0.25, -0.2) is 4.39 Å². The highest BCUT2D eigenvalue weighted by Crippen LogP contribution is 2.39. The van der Waals surface area contributed by atoms with Crippen LogP contribution in [0.2, 0.25) is 0 Å². The summed E-state index contributed by atoms with van der Waals surface area (Å²) in [5.74, 6) is 0.141.